The predicted octanol–water partition coefficient (Wildman–Crippen LogP) is 3.66. The second-order valence-electron chi connectivity index (χ2n) is 6.68. The van der Waals surface area contributed by atoms with Crippen LogP contribution in [0.5, 0.6) is 5.75 Å². The molecule has 1 N–H and O–H groups in total. The van der Waals surface area contributed by atoms with E-state index in [-0.39, 0.29) is 16.3 Å². The van der Waals surface area contributed by atoms with Gasteiger partial charge in [0.05, 0.1) is 12.8 Å². The summed E-state index contributed by atoms with van der Waals surface area (Å²) in [7, 11) is -2.28. The van der Waals surface area contributed by atoms with Gasteiger partial charge in [-0.1, -0.05) is 24.6 Å². The van der Waals surface area contributed by atoms with E-state index in [1.807, 2.05) is 0 Å². The van der Waals surface area contributed by atoms with Crippen LogP contribution in [0.4, 0.5) is 10.1 Å². The summed E-state index contributed by atoms with van der Waals surface area (Å²) in [6.45, 7) is 0.965. The third-order valence-electron chi connectivity index (χ3n) is 4.68. The standard InChI is InChI=1S/C21H23FN2O4S/c1-28-19-11-9-16(10-12-21(25)23-18-8-4-3-7-17(18)22)15-20(19)29(26,27)24-13-5-2-6-14-24/h3-4,7-12,15H,2,5-6,13-14H2,1H3,(H,23,25). The lowest BCUT2D eigenvalue weighted by Gasteiger charge is -2.26. The van der Waals surface area contributed by atoms with E-state index in [4.69, 9.17) is 4.74 Å². The van der Waals surface area contributed by atoms with Gasteiger partial charge in [-0.25, -0.2) is 12.8 Å². The SMILES string of the molecule is COc1ccc(C=CC(=O)Nc2ccccc2F)cc1S(=O)(=O)N1CCCCC1. The number of carbonyl (C=O) groups excluding carboxylic acids is 1. The first-order chi connectivity index (χ1) is 13.9. The first-order valence-corrected chi connectivity index (χ1v) is 10.8. The van der Waals surface area contributed by atoms with E-state index in [2.05, 4.69) is 5.32 Å². The monoisotopic (exact) mass is 418 g/mol. The number of benzene rings is 2. The van der Waals surface area contributed by atoms with Gasteiger partial charge in [-0.05, 0) is 48.7 Å². The smallest absolute Gasteiger partial charge is 0.248 e. The van der Waals surface area contributed by atoms with Crippen molar-refractivity contribution in [2.75, 3.05) is 25.5 Å². The average molecular weight is 418 g/mol. The number of halogens is 1. The van der Waals surface area contributed by atoms with Gasteiger partial charge in [-0.3, -0.25) is 4.79 Å². The van der Waals surface area contributed by atoms with Crippen LogP contribution in [0.2, 0.25) is 0 Å². The quantitative estimate of drug-likeness (QED) is 0.727. The number of carbonyl (C=O) groups is 1. The highest BCUT2D eigenvalue weighted by Gasteiger charge is 2.29. The molecular weight excluding hydrogens is 395 g/mol. The van der Waals surface area contributed by atoms with Gasteiger partial charge in [0.25, 0.3) is 0 Å². The van der Waals surface area contributed by atoms with Crippen LogP contribution in [-0.4, -0.2) is 38.8 Å². The summed E-state index contributed by atoms with van der Waals surface area (Å²) in [5.41, 5.74) is 0.593. The highest BCUT2D eigenvalue weighted by atomic mass is 32.2. The van der Waals surface area contributed by atoms with Crippen molar-refractivity contribution in [1.29, 1.82) is 0 Å². The summed E-state index contributed by atoms with van der Waals surface area (Å²) in [4.78, 5) is 12.1. The van der Waals surface area contributed by atoms with Gasteiger partial charge >= 0.3 is 0 Å². The predicted molar refractivity (Wildman–Crippen MR) is 110 cm³/mol. The summed E-state index contributed by atoms with van der Waals surface area (Å²) in [6, 6.07) is 10.5. The maximum absolute atomic E-state index is 13.6. The molecule has 0 bridgehead atoms. The molecule has 29 heavy (non-hydrogen) atoms. The van der Waals surface area contributed by atoms with E-state index < -0.39 is 21.7 Å². The fourth-order valence-electron chi connectivity index (χ4n) is 3.15. The number of piperidine rings is 1. The van der Waals surface area contributed by atoms with E-state index in [1.54, 1.807) is 18.2 Å². The van der Waals surface area contributed by atoms with Crippen molar-refractivity contribution < 1.29 is 22.3 Å². The fraction of sp³-hybridized carbons (Fsp3) is 0.286. The molecule has 1 fully saturated rings. The van der Waals surface area contributed by atoms with Gasteiger partial charge in [0.15, 0.2) is 0 Å². The molecule has 0 aliphatic carbocycles. The molecule has 2 aromatic carbocycles. The molecular formula is C21H23FN2O4S. The minimum Gasteiger partial charge on any atom is -0.495 e. The lowest BCUT2D eigenvalue weighted by Crippen LogP contribution is -2.35. The van der Waals surface area contributed by atoms with Gasteiger partial charge in [-0.15, -0.1) is 0 Å². The highest BCUT2D eigenvalue weighted by molar-refractivity contribution is 7.89. The number of hydrogen-bond donors (Lipinski definition) is 1. The Morgan fingerprint density at radius 3 is 2.55 bits per heavy atom. The molecule has 1 aliphatic rings. The molecule has 0 unspecified atom stereocenters. The lowest BCUT2D eigenvalue weighted by molar-refractivity contribution is -0.111. The Morgan fingerprint density at radius 1 is 1.14 bits per heavy atom. The number of sulfonamides is 1. The van der Waals surface area contributed by atoms with Crippen LogP contribution >= 0.6 is 0 Å². The Morgan fingerprint density at radius 2 is 1.86 bits per heavy atom. The second-order valence-corrected chi connectivity index (χ2v) is 8.58. The zero-order chi connectivity index (χ0) is 20.9. The first kappa shape index (κ1) is 21.0. The molecule has 1 saturated heterocycles. The maximum Gasteiger partial charge on any atom is 0.248 e. The van der Waals surface area contributed by atoms with Crippen LogP contribution in [-0.2, 0) is 14.8 Å². The molecule has 154 valence electrons. The topological polar surface area (TPSA) is 75.7 Å². The number of para-hydroxylation sites is 1. The molecule has 0 atom stereocenters. The largest absolute Gasteiger partial charge is 0.495 e. The molecule has 6 nitrogen and oxygen atoms in total. The van der Waals surface area contributed by atoms with Crippen molar-refractivity contribution in [2.45, 2.75) is 24.2 Å². The summed E-state index contributed by atoms with van der Waals surface area (Å²) in [6.07, 6.45) is 5.38. The summed E-state index contributed by atoms with van der Waals surface area (Å²) >= 11 is 0. The minimum atomic E-state index is -3.70. The molecule has 0 spiro atoms. The Kier molecular flexibility index (Phi) is 6.66. The first-order valence-electron chi connectivity index (χ1n) is 9.33. The van der Waals surface area contributed by atoms with Crippen molar-refractivity contribution in [3.63, 3.8) is 0 Å². The lowest BCUT2D eigenvalue weighted by atomic mass is 10.2. The van der Waals surface area contributed by atoms with Crippen LogP contribution in [0.25, 0.3) is 6.08 Å². The van der Waals surface area contributed by atoms with E-state index in [9.17, 15) is 17.6 Å². The zero-order valence-electron chi connectivity index (χ0n) is 16.1. The molecule has 0 aromatic heterocycles. The molecule has 1 aliphatic heterocycles. The molecule has 1 amide bonds. The molecule has 1 heterocycles. The van der Waals surface area contributed by atoms with Gasteiger partial charge in [-0.2, -0.15) is 4.31 Å². The van der Waals surface area contributed by atoms with Crippen LogP contribution in [0, 0.1) is 5.82 Å². The number of rotatable bonds is 6. The van der Waals surface area contributed by atoms with Crippen molar-refractivity contribution >= 4 is 27.7 Å². The van der Waals surface area contributed by atoms with Crippen LogP contribution in [0.1, 0.15) is 24.8 Å². The van der Waals surface area contributed by atoms with E-state index >= 15 is 0 Å². The Balaban J connectivity index is 1.82. The number of nitrogens with zero attached hydrogens (tertiary/aromatic N) is 1. The third kappa shape index (κ3) is 5.02. The summed E-state index contributed by atoms with van der Waals surface area (Å²) in [5.74, 6) is -0.802. The minimum absolute atomic E-state index is 0.0681. The summed E-state index contributed by atoms with van der Waals surface area (Å²) in [5, 5.41) is 2.45. The number of methoxy groups -OCH3 is 1. The van der Waals surface area contributed by atoms with Crippen LogP contribution in [0.15, 0.2) is 53.4 Å². The van der Waals surface area contributed by atoms with Gasteiger partial charge in [0.1, 0.15) is 16.5 Å². The fourth-order valence-corrected chi connectivity index (χ4v) is 4.86. The second kappa shape index (κ2) is 9.19. The third-order valence-corrected chi connectivity index (χ3v) is 6.60. The molecule has 2 aromatic rings. The Labute approximate surface area is 170 Å². The zero-order valence-corrected chi connectivity index (χ0v) is 16.9. The number of hydrogen-bond acceptors (Lipinski definition) is 4. The van der Waals surface area contributed by atoms with Crippen LogP contribution in [0.3, 0.4) is 0 Å². The number of amides is 1. The van der Waals surface area contributed by atoms with E-state index in [0.29, 0.717) is 18.7 Å². The van der Waals surface area contributed by atoms with Gasteiger partial charge < -0.3 is 10.1 Å². The van der Waals surface area contributed by atoms with Crippen molar-refractivity contribution in [2.24, 2.45) is 0 Å². The van der Waals surface area contributed by atoms with Gasteiger partial charge in [0.2, 0.25) is 15.9 Å². The van der Waals surface area contributed by atoms with Crippen molar-refractivity contribution in [1.82, 2.24) is 4.31 Å². The molecule has 8 heteroatoms. The van der Waals surface area contributed by atoms with E-state index in [0.717, 1.165) is 19.3 Å². The molecule has 0 radical (unpaired) electrons. The number of ether oxygens (including phenoxy) is 1. The summed E-state index contributed by atoms with van der Waals surface area (Å²) < 4.78 is 46.4. The van der Waals surface area contributed by atoms with Crippen LogP contribution < -0.4 is 10.1 Å². The average Bonchev–Trinajstić information content (AvgIpc) is 2.74. The number of nitrogens with one attached hydrogen (secondary N) is 1. The Bertz CT molecular complexity index is 1020. The van der Waals surface area contributed by atoms with Crippen molar-refractivity contribution in [3.8, 4) is 5.75 Å². The number of anilines is 1. The Hall–Kier alpha value is -2.71. The van der Waals surface area contributed by atoms with E-state index in [1.165, 1.54) is 47.8 Å². The molecule has 0 saturated carbocycles. The van der Waals surface area contributed by atoms with Gasteiger partial charge in [0, 0.05) is 19.2 Å². The highest BCUT2D eigenvalue weighted by Crippen LogP contribution is 2.30. The normalized spacial score (nSPS) is 15.4. The molecule has 3 rings (SSSR count). The van der Waals surface area contributed by atoms with Crippen molar-refractivity contribution in [3.05, 3.63) is 59.9 Å². The maximum atomic E-state index is 13.6.